The van der Waals surface area contributed by atoms with Gasteiger partial charge in [0.1, 0.15) is 24.2 Å². The largest absolute Gasteiger partial charge is 0.497 e. The van der Waals surface area contributed by atoms with E-state index in [9.17, 15) is 22.4 Å². The van der Waals surface area contributed by atoms with Crippen LogP contribution in [0.25, 0.3) is 0 Å². The van der Waals surface area contributed by atoms with Crippen molar-refractivity contribution in [3.63, 3.8) is 0 Å². The highest BCUT2D eigenvalue weighted by Gasteiger charge is 2.31. The molecule has 8 nitrogen and oxygen atoms in total. The molecule has 1 unspecified atom stereocenters. The normalized spacial score (nSPS) is 12.0. The second kappa shape index (κ2) is 11.6. The van der Waals surface area contributed by atoms with Crippen LogP contribution in [0.1, 0.15) is 25.8 Å². The van der Waals surface area contributed by atoms with Crippen LogP contribution >= 0.6 is 0 Å². The number of hydrogen-bond donors (Lipinski definition) is 1. The Morgan fingerprint density at radius 3 is 2.30 bits per heavy atom. The van der Waals surface area contributed by atoms with Gasteiger partial charge in [0.05, 0.1) is 19.1 Å². The van der Waals surface area contributed by atoms with E-state index in [-0.39, 0.29) is 18.1 Å². The van der Waals surface area contributed by atoms with Crippen molar-refractivity contribution >= 4 is 27.5 Å². The molecule has 0 aliphatic heterocycles. The summed E-state index contributed by atoms with van der Waals surface area (Å²) in [4.78, 5) is 27.5. The van der Waals surface area contributed by atoms with E-state index in [0.29, 0.717) is 18.7 Å². The molecule has 0 spiro atoms. The molecule has 0 heterocycles. The van der Waals surface area contributed by atoms with Gasteiger partial charge in [-0.3, -0.25) is 13.9 Å². The number of carbonyl (C=O) groups is 2. The van der Waals surface area contributed by atoms with Gasteiger partial charge in [-0.2, -0.15) is 0 Å². The van der Waals surface area contributed by atoms with Crippen LogP contribution in [0.5, 0.6) is 5.75 Å². The molecule has 0 bridgehead atoms. The number of methoxy groups -OCH3 is 1. The van der Waals surface area contributed by atoms with Crippen LogP contribution in [0, 0.1) is 5.82 Å². The predicted molar refractivity (Wildman–Crippen MR) is 125 cm³/mol. The summed E-state index contributed by atoms with van der Waals surface area (Å²) in [5, 5.41) is 2.72. The molecule has 0 fully saturated rings. The average molecular weight is 480 g/mol. The first-order valence-corrected chi connectivity index (χ1v) is 12.4. The van der Waals surface area contributed by atoms with E-state index in [1.54, 1.807) is 45.2 Å². The standard InChI is InChI=1S/C23H30FN3O5S/c1-5-21(23(29)25-6-2)26(15-17-10-12-20(32-3)13-11-17)22(28)16-27(33(4,30)31)19-9-7-8-18(24)14-19/h7-14,21H,5-6,15-16H2,1-4H3,(H,25,29). The van der Waals surface area contributed by atoms with E-state index in [4.69, 9.17) is 4.74 Å². The first-order chi connectivity index (χ1) is 15.6. The molecule has 33 heavy (non-hydrogen) atoms. The predicted octanol–water partition coefficient (Wildman–Crippen LogP) is 2.54. The average Bonchev–Trinajstić information content (AvgIpc) is 2.77. The van der Waals surface area contributed by atoms with Crippen molar-refractivity contribution in [1.29, 1.82) is 0 Å². The number of carbonyl (C=O) groups excluding carboxylic acids is 2. The lowest BCUT2D eigenvalue weighted by Crippen LogP contribution is -2.52. The Morgan fingerprint density at radius 1 is 1.12 bits per heavy atom. The zero-order valence-corrected chi connectivity index (χ0v) is 20.1. The monoisotopic (exact) mass is 479 g/mol. The number of halogens is 1. The number of likely N-dealkylation sites (N-methyl/N-ethyl adjacent to an activating group) is 1. The van der Waals surface area contributed by atoms with E-state index in [1.807, 2.05) is 0 Å². The van der Waals surface area contributed by atoms with Gasteiger partial charge in [0.2, 0.25) is 21.8 Å². The van der Waals surface area contributed by atoms with E-state index < -0.39 is 34.3 Å². The molecular weight excluding hydrogens is 449 g/mol. The van der Waals surface area contributed by atoms with Gasteiger partial charge >= 0.3 is 0 Å². The Labute approximate surface area is 194 Å². The quantitative estimate of drug-likeness (QED) is 0.534. The maximum absolute atomic E-state index is 13.8. The topological polar surface area (TPSA) is 96.0 Å². The molecule has 0 aromatic heterocycles. The molecule has 10 heteroatoms. The van der Waals surface area contributed by atoms with Crippen molar-refractivity contribution in [2.24, 2.45) is 0 Å². The number of hydrogen-bond acceptors (Lipinski definition) is 5. The lowest BCUT2D eigenvalue weighted by atomic mass is 10.1. The molecule has 0 saturated heterocycles. The maximum Gasteiger partial charge on any atom is 0.244 e. The molecule has 2 aromatic rings. The van der Waals surface area contributed by atoms with Gasteiger partial charge in [0.25, 0.3) is 0 Å². The smallest absolute Gasteiger partial charge is 0.244 e. The molecule has 1 atom stereocenters. The van der Waals surface area contributed by atoms with Crippen LogP contribution in [0.3, 0.4) is 0 Å². The molecule has 2 rings (SSSR count). The third kappa shape index (κ3) is 7.18. The summed E-state index contributed by atoms with van der Waals surface area (Å²) in [6.45, 7) is 3.44. The van der Waals surface area contributed by atoms with E-state index >= 15 is 0 Å². The second-order valence-electron chi connectivity index (χ2n) is 7.44. The van der Waals surface area contributed by atoms with Crippen LogP contribution in [-0.4, -0.2) is 57.6 Å². The number of sulfonamides is 1. The highest BCUT2D eigenvalue weighted by molar-refractivity contribution is 7.92. The molecule has 1 N–H and O–H groups in total. The highest BCUT2D eigenvalue weighted by Crippen LogP contribution is 2.21. The Bertz CT molecular complexity index is 1060. The lowest BCUT2D eigenvalue weighted by Gasteiger charge is -2.32. The summed E-state index contributed by atoms with van der Waals surface area (Å²) in [7, 11) is -2.37. The fraction of sp³-hybridized carbons (Fsp3) is 0.391. The summed E-state index contributed by atoms with van der Waals surface area (Å²) in [6.07, 6.45) is 1.27. The van der Waals surface area contributed by atoms with Gasteiger partial charge in [-0.25, -0.2) is 12.8 Å². The van der Waals surface area contributed by atoms with Gasteiger partial charge < -0.3 is 15.0 Å². The van der Waals surface area contributed by atoms with Gasteiger partial charge in [-0.15, -0.1) is 0 Å². The van der Waals surface area contributed by atoms with E-state index in [0.717, 1.165) is 22.2 Å². The fourth-order valence-corrected chi connectivity index (χ4v) is 4.23. The van der Waals surface area contributed by atoms with Crippen LogP contribution in [0.4, 0.5) is 10.1 Å². The summed E-state index contributed by atoms with van der Waals surface area (Å²) < 4.78 is 44.6. The lowest BCUT2D eigenvalue weighted by molar-refractivity contribution is -0.140. The first kappa shape index (κ1) is 26.1. The Hall–Kier alpha value is -3.14. The molecule has 2 amide bonds. The van der Waals surface area contributed by atoms with Crippen LogP contribution in [-0.2, 0) is 26.2 Å². The van der Waals surface area contributed by atoms with Crippen LogP contribution in [0.15, 0.2) is 48.5 Å². The third-order valence-electron chi connectivity index (χ3n) is 5.02. The van der Waals surface area contributed by atoms with Crippen molar-refractivity contribution < 1.29 is 27.1 Å². The van der Waals surface area contributed by atoms with Gasteiger partial charge in [-0.1, -0.05) is 25.1 Å². The van der Waals surface area contributed by atoms with Crippen molar-refractivity contribution in [2.75, 3.05) is 30.8 Å². The molecule has 0 radical (unpaired) electrons. The third-order valence-corrected chi connectivity index (χ3v) is 6.16. The highest BCUT2D eigenvalue weighted by atomic mass is 32.2. The van der Waals surface area contributed by atoms with Crippen LogP contribution < -0.4 is 14.4 Å². The fourth-order valence-electron chi connectivity index (χ4n) is 3.38. The summed E-state index contributed by atoms with van der Waals surface area (Å²) >= 11 is 0. The van der Waals surface area contributed by atoms with E-state index in [1.165, 1.54) is 23.1 Å². The number of amides is 2. The second-order valence-corrected chi connectivity index (χ2v) is 9.34. The molecule has 180 valence electrons. The Balaban J connectivity index is 2.42. The van der Waals surface area contributed by atoms with Gasteiger partial charge in [0, 0.05) is 13.1 Å². The molecule has 2 aromatic carbocycles. The maximum atomic E-state index is 13.8. The summed E-state index contributed by atoms with van der Waals surface area (Å²) in [6, 6.07) is 11.2. The minimum Gasteiger partial charge on any atom is -0.497 e. The summed E-state index contributed by atoms with van der Waals surface area (Å²) in [5.74, 6) is -0.906. The van der Waals surface area contributed by atoms with Gasteiger partial charge in [-0.05, 0) is 49.2 Å². The Morgan fingerprint density at radius 2 is 1.79 bits per heavy atom. The summed E-state index contributed by atoms with van der Waals surface area (Å²) in [5.41, 5.74) is 0.768. The van der Waals surface area contributed by atoms with Crippen molar-refractivity contribution in [3.05, 3.63) is 59.9 Å². The number of nitrogens with zero attached hydrogens (tertiary/aromatic N) is 2. The van der Waals surface area contributed by atoms with Crippen LogP contribution in [0.2, 0.25) is 0 Å². The minimum atomic E-state index is -3.91. The first-order valence-electron chi connectivity index (χ1n) is 10.5. The number of benzene rings is 2. The number of nitrogens with one attached hydrogen (secondary N) is 1. The van der Waals surface area contributed by atoms with Crippen molar-refractivity contribution in [1.82, 2.24) is 10.2 Å². The zero-order chi connectivity index (χ0) is 24.6. The molecule has 0 aliphatic carbocycles. The van der Waals surface area contributed by atoms with Crippen molar-refractivity contribution in [2.45, 2.75) is 32.9 Å². The van der Waals surface area contributed by atoms with E-state index in [2.05, 4.69) is 5.32 Å². The molecule has 0 aliphatic rings. The molecule has 0 saturated carbocycles. The Kier molecular flexibility index (Phi) is 9.22. The zero-order valence-electron chi connectivity index (χ0n) is 19.2. The number of rotatable bonds is 11. The number of ether oxygens (including phenoxy) is 1. The molecular formula is C23H30FN3O5S. The van der Waals surface area contributed by atoms with Gasteiger partial charge in [0.15, 0.2) is 0 Å². The number of anilines is 1. The minimum absolute atomic E-state index is 0.0290. The van der Waals surface area contributed by atoms with Crippen molar-refractivity contribution in [3.8, 4) is 5.75 Å². The SMILES string of the molecule is CCNC(=O)C(CC)N(Cc1ccc(OC)cc1)C(=O)CN(c1cccc(F)c1)S(C)(=O)=O.